The Labute approximate surface area is 233 Å². The number of hydrogen-bond donors (Lipinski definition) is 1. The molecule has 7 nitrogen and oxygen atoms in total. The van der Waals surface area contributed by atoms with Crippen LogP contribution in [0.25, 0.3) is 0 Å². The van der Waals surface area contributed by atoms with E-state index in [9.17, 15) is 14.0 Å². The fourth-order valence-corrected chi connectivity index (χ4v) is 3.96. The number of nitrogens with one attached hydrogen (secondary N) is 1. The first-order valence-corrected chi connectivity index (χ1v) is 13.0. The van der Waals surface area contributed by atoms with Gasteiger partial charge in [-0.05, 0) is 41.8 Å². The molecule has 0 spiro atoms. The average molecular weight is 542 g/mol. The van der Waals surface area contributed by atoms with Gasteiger partial charge in [-0.1, -0.05) is 72.8 Å². The van der Waals surface area contributed by atoms with Gasteiger partial charge in [0, 0.05) is 20.5 Å². The minimum Gasteiger partial charge on any atom is -0.483 e. The number of carbonyl (C=O) groups is 2. The molecular formula is C32H32FN3O4. The van der Waals surface area contributed by atoms with E-state index in [4.69, 9.17) is 14.5 Å². The van der Waals surface area contributed by atoms with E-state index in [2.05, 4.69) is 5.32 Å². The van der Waals surface area contributed by atoms with Gasteiger partial charge in [-0.25, -0.2) is 9.37 Å². The van der Waals surface area contributed by atoms with Crippen molar-refractivity contribution in [2.45, 2.75) is 39.6 Å². The van der Waals surface area contributed by atoms with Crippen LogP contribution in [0.3, 0.4) is 0 Å². The maximum Gasteiger partial charge on any atom is 0.258 e. The van der Waals surface area contributed by atoms with Crippen molar-refractivity contribution in [3.63, 3.8) is 0 Å². The summed E-state index contributed by atoms with van der Waals surface area (Å²) >= 11 is 0. The first-order chi connectivity index (χ1) is 19.3. The van der Waals surface area contributed by atoms with Crippen molar-refractivity contribution in [3.8, 4) is 11.6 Å². The Kier molecular flexibility index (Phi) is 9.46. The maximum absolute atomic E-state index is 13.6. The summed E-state index contributed by atoms with van der Waals surface area (Å²) in [4.78, 5) is 32.0. The van der Waals surface area contributed by atoms with Crippen LogP contribution in [0.15, 0.2) is 91.0 Å². The summed E-state index contributed by atoms with van der Waals surface area (Å²) in [6.07, 6.45) is 0. The number of pyridine rings is 1. The normalized spacial score (nSPS) is 11.4. The Balaban J connectivity index is 1.72. The molecule has 0 saturated heterocycles. The fraction of sp³-hybridized carbons (Fsp3) is 0.219. The molecule has 2 amide bonds. The summed E-state index contributed by atoms with van der Waals surface area (Å²) in [6, 6.07) is 26.2. The predicted octanol–water partition coefficient (Wildman–Crippen LogP) is 5.85. The molecule has 1 N–H and O–H groups in total. The number of aromatic nitrogens is 1. The minimum absolute atomic E-state index is 0.146. The highest BCUT2D eigenvalue weighted by atomic mass is 19.1. The summed E-state index contributed by atoms with van der Waals surface area (Å²) < 4.78 is 25.7. The van der Waals surface area contributed by atoms with Crippen molar-refractivity contribution >= 4 is 11.8 Å². The van der Waals surface area contributed by atoms with Gasteiger partial charge in [0.2, 0.25) is 5.91 Å². The molecule has 0 aliphatic carbocycles. The zero-order chi connectivity index (χ0) is 28.5. The Hall–Kier alpha value is -4.72. The topological polar surface area (TPSA) is 80.8 Å². The van der Waals surface area contributed by atoms with Crippen LogP contribution in [0.4, 0.5) is 4.39 Å². The molecule has 0 fully saturated rings. The van der Waals surface area contributed by atoms with Crippen molar-refractivity contribution in [1.29, 1.82) is 0 Å². The highest BCUT2D eigenvalue weighted by molar-refractivity contribution is 5.97. The first kappa shape index (κ1) is 28.3. The SMILES string of the molecule is CC(=O)N(C)C(C)c1cc(C(=O)NCc2ccc(F)cc2)c(OCc2ccccc2)c(OCc2ccccc2)n1. The molecule has 0 aliphatic rings. The van der Waals surface area contributed by atoms with E-state index >= 15 is 0 Å². The number of benzene rings is 3. The summed E-state index contributed by atoms with van der Waals surface area (Å²) in [7, 11) is 1.67. The molecule has 0 aliphatic heterocycles. The van der Waals surface area contributed by atoms with Crippen LogP contribution in [-0.4, -0.2) is 28.7 Å². The molecule has 0 radical (unpaired) electrons. The number of rotatable bonds is 11. The molecule has 1 aromatic heterocycles. The van der Waals surface area contributed by atoms with E-state index in [-0.39, 0.29) is 48.7 Å². The lowest BCUT2D eigenvalue weighted by molar-refractivity contribution is -0.129. The molecule has 1 unspecified atom stereocenters. The third kappa shape index (κ3) is 7.44. The lowest BCUT2D eigenvalue weighted by Crippen LogP contribution is -2.29. The highest BCUT2D eigenvalue weighted by Gasteiger charge is 2.25. The van der Waals surface area contributed by atoms with Crippen LogP contribution in [-0.2, 0) is 24.6 Å². The molecule has 40 heavy (non-hydrogen) atoms. The van der Waals surface area contributed by atoms with Gasteiger partial charge in [0.25, 0.3) is 11.8 Å². The van der Waals surface area contributed by atoms with Gasteiger partial charge in [0.1, 0.15) is 19.0 Å². The maximum atomic E-state index is 13.6. The number of nitrogens with zero attached hydrogens (tertiary/aromatic N) is 2. The molecule has 4 rings (SSSR count). The Bertz CT molecular complexity index is 1430. The average Bonchev–Trinajstić information content (AvgIpc) is 2.98. The summed E-state index contributed by atoms with van der Waals surface area (Å²) in [6.45, 7) is 3.86. The molecular weight excluding hydrogens is 509 g/mol. The first-order valence-electron chi connectivity index (χ1n) is 13.0. The lowest BCUT2D eigenvalue weighted by atomic mass is 10.1. The molecule has 3 aromatic carbocycles. The van der Waals surface area contributed by atoms with Crippen molar-refractivity contribution in [2.24, 2.45) is 0 Å². The Morgan fingerprint density at radius 1 is 0.875 bits per heavy atom. The van der Waals surface area contributed by atoms with E-state index in [0.717, 1.165) is 16.7 Å². The van der Waals surface area contributed by atoms with Crippen LogP contribution in [0.2, 0.25) is 0 Å². The number of amides is 2. The number of halogens is 1. The van der Waals surface area contributed by atoms with Crippen LogP contribution in [0.5, 0.6) is 11.6 Å². The zero-order valence-electron chi connectivity index (χ0n) is 22.8. The summed E-state index contributed by atoms with van der Waals surface area (Å²) in [5, 5.41) is 2.89. The molecule has 4 aromatic rings. The van der Waals surface area contributed by atoms with E-state index in [0.29, 0.717) is 5.69 Å². The summed E-state index contributed by atoms with van der Waals surface area (Å²) in [5.74, 6) is -0.578. The third-order valence-corrected chi connectivity index (χ3v) is 6.52. The van der Waals surface area contributed by atoms with Gasteiger partial charge in [-0.15, -0.1) is 0 Å². The molecule has 8 heteroatoms. The van der Waals surface area contributed by atoms with Gasteiger partial charge in [0.05, 0.1) is 17.3 Å². The predicted molar refractivity (Wildman–Crippen MR) is 150 cm³/mol. The highest BCUT2D eigenvalue weighted by Crippen LogP contribution is 2.34. The smallest absolute Gasteiger partial charge is 0.258 e. The number of carbonyl (C=O) groups excluding carboxylic acids is 2. The Morgan fingerprint density at radius 3 is 2.02 bits per heavy atom. The second-order valence-electron chi connectivity index (χ2n) is 9.39. The van der Waals surface area contributed by atoms with Crippen molar-refractivity contribution in [3.05, 3.63) is 125 Å². The zero-order valence-corrected chi connectivity index (χ0v) is 22.8. The molecule has 0 bridgehead atoms. The van der Waals surface area contributed by atoms with Gasteiger partial charge in [-0.2, -0.15) is 0 Å². The minimum atomic E-state index is -0.441. The molecule has 1 heterocycles. The molecule has 206 valence electrons. The van der Waals surface area contributed by atoms with Crippen molar-refractivity contribution in [2.75, 3.05) is 7.05 Å². The third-order valence-electron chi connectivity index (χ3n) is 6.52. The van der Waals surface area contributed by atoms with Crippen LogP contribution >= 0.6 is 0 Å². The number of hydrogen-bond acceptors (Lipinski definition) is 5. The van der Waals surface area contributed by atoms with E-state index in [1.54, 1.807) is 25.2 Å². The van der Waals surface area contributed by atoms with Gasteiger partial charge < -0.3 is 19.7 Å². The van der Waals surface area contributed by atoms with E-state index in [1.807, 2.05) is 67.6 Å². The van der Waals surface area contributed by atoms with E-state index in [1.165, 1.54) is 24.0 Å². The van der Waals surface area contributed by atoms with Crippen molar-refractivity contribution in [1.82, 2.24) is 15.2 Å². The van der Waals surface area contributed by atoms with Crippen LogP contribution in [0.1, 0.15) is 52.6 Å². The second kappa shape index (κ2) is 13.4. The molecule has 0 saturated carbocycles. The second-order valence-corrected chi connectivity index (χ2v) is 9.39. The summed E-state index contributed by atoms with van der Waals surface area (Å²) in [5.41, 5.74) is 3.25. The number of ether oxygens (including phenoxy) is 2. The van der Waals surface area contributed by atoms with E-state index < -0.39 is 11.9 Å². The quantitative estimate of drug-likeness (QED) is 0.258. The van der Waals surface area contributed by atoms with Crippen LogP contribution < -0.4 is 14.8 Å². The monoisotopic (exact) mass is 541 g/mol. The largest absolute Gasteiger partial charge is 0.483 e. The fourth-order valence-electron chi connectivity index (χ4n) is 3.96. The lowest BCUT2D eigenvalue weighted by Gasteiger charge is -2.25. The van der Waals surface area contributed by atoms with Crippen LogP contribution in [0, 0.1) is 5.82 Å². The van der Waals surface area contributed by atoms with Gasteiger partial charge in [0.15, 0.2) is 5.75 Å². The van der Waals surface area contributed by atoms with Gasteiger partial charge >= 0.3 is 0 Å². The molecule has 1 atom stereocenters. The van der Waals surface area contributed by atoms with Crippen molar-refractivity contribution < 1.29 is 23.5 Å². The Morgan fingerprint density at radius 2 is 1.45 bits per heavy atom. The standard InChI is InChI=1S/C32H32FN3O4/c1-22(36(3)23(2)37)29-18-28(31(38)34-19-24-14-16-27(33)17-15-24)30(39-20-25-10-6-4-7-11-25)32(35-29)40-21-26-12-8-5-9-13-26/h4-18,22H,19-21H2,1-3H3,(H,34,38). The van der Waals surface area contributed by atoms with Gasteiger partial charge in [-0.3, -0.25) is 9.59 Å².